The number of fused-ring (bicyclic) bond motifs is 1. The number of amides is 2. The van der Waals surface area contributed by atoms with Gasteiger partial charge in [0.25, 0.3) is 0 Å². The molecule has 31 heavy (non-hydrogen) atoms. The number of anilines is 1. The number of benzene rings is 2. The van der Waals surface area contributed by atoms with Gasteiger partial charge >= 0.3 is 6.03 Å². The zero-order chi connectivity index (χ0) is 21.4. The summed E-state index contributed by atoms with van der Waals surface area (Å²) in [5.41, 5.74) is 5.13. The van der Waals surface area contributed by atoms with E-state index < -0.39 is 0 Å². The number of hydrogen-bond acceptors (Lipinski definition) is 3. The van der Waals surface area contributed by atoms with Crippen LogP contribution >= 0.6 is 0 Å². The summed E-state index contributed by atoms with van der Waals surface area (Å²) in [7, 11) is 0. The second kappa shape index (κ2) is 7.83. The van der Waals surface area contributed by atoms with Gasteiger partial charge in [0.15, 0.2) is 0 Å². The lowest BCUT2D eigenvalue weighted by Crippen LogP contribution is -2.34. The van der Waals surface area contributed by atoms with Gasteiger partial charge in [-0.15, -0.1) is 5.10 Å². The number of carbonyl (C=O) groups is 1. The van der Waals surface area contributed by atoms with Crippen LogP contribution in [-0.4, -0.2) is 32.3 Å². The molecule has 0 aliphatic carbocycles. The smallest absolute Gasteiger partial charge is 0.316 e. The van der Waals surface area contributed by atoms with Gasteiger partial charge in [0, 0.05) is 24.0 Å². The maximum absolute atomic E-state index is 13.6. The fraction of sp³-hybridized carbons (Fsp3) is 0.208. The maximum atomic E-state index is 13.6. The first-order valence-electron chi connectivity index (χ1n) is 10.3. The number of carbonyl (C=O) groups excluding carboxylic acids is 1. The summed E-state index contributed by atoms with van der Waals surface area (Å²) in [6.07, 6.45) is 3.58. The lowest BCUT2D eigenvalue weighted by molar-refractivity contribution is 0.206. The highest BCUT2D eigenvalue weighted by atomic mass is 19.1. The molecule has 2 aromatic heterocycles. The highest BCUT2D eigenvalue weighted by molar-refractivity contribution is 5.90. The summed E-state index contributed by atoms with van der Waals surface area (Å²) in [6.45, 7) is 2.66. The first kappa shape index (κ1) is 19.2. The fourth-order valence-corrected chi connectivity index (χ4v) is 4.20. The van der Waals surface area contributed by atoms with E-state index in [0.717, 1.165) is 46.4 Å². The Morgan fingerprint density at radius 3 is 2.81 bits per heavy atom. The number of nitrogens with one attached hydrogen (secondary N) is 1. The molecule has 1 aliphatic rings. The Hall–Kier alpha value is -3.74. The van der Waals surface area contributed by atoms with Crippen molar-refractivity contribution in [3.63, 3.8) is 0 Å². The van der Waals surface area contributed by atoms with Crippen molar-refractivity contribution in [2.75, 3.05) is 11.9 Å². The van der Waals surface area contributed by atoms with Crippen LogP contribution in [0.5, 0.6) is 0 Å². The molecule has 3 heterocycles. The molecular formula is C24H22FN5O. The van der Waals surface area contributed by atoms with Crippen LogP contribution in [0.15, 0.2) is 66.9 Å². The summed E-state index contributed by atoms with van der Waals surface area (Å²) < 4.78 is 15.3. The number of halogens is 1. The second-order valence-corrected chi connectivity index (χ2v) is 7.88. The van der Waals surface area contributed by atoms with Crippen molar-refractivity contribution in [1.29, 1.82) is 0 Å². The standard InChI is InChI=1S/C24H22FN5O/c1-16-5-2-8-20(13-16)26-24(31)29-12-4-9-21(29)23-22-11-10-18(15-30(22)28-27-23)17-6-3-7-19(25)14-17/h2-3,5-8,10-11,13-15,21H,4,9,12H2,1H3,(H,26,31). The molecule has 0 saturated carbocycles. The zero-order valence-electron chi connectivity index (χ0n) is 17.1. The molecule has 5 rings (SSSR count). The summed E-state index contributed by atoms with van der Waals surface area (Å²) >= 11 is 0. The van der Waals surface area contributed by atoms with Crippen molar-refractivity contribution in [3.8, 4) is 11.1 Å². The van der Waals surface area contributed by atoms with Crippen molar-refractivity contribution in [1.82, 2.24) is 19.7 Å². The van der Waals surface area contributed by atoms with Gasteiger partial charge in [-0.1, -0.05) is 35.5 Å². The van der Waals surface area contributed by atoms with Gasteiger partial charge in [0.1, 0.15) is 11.5 Å². The van der Waals surface area contributed by atoms with Crippen LogP contribution in [0.3, 0.4) is 0 Å². The number of aromatic nitrogens is 3. The number of likely N-dealkylation sites (tertiary alicyclic amines) is 1. The van der Waals surface area contributed by atoms with Crippen LogP contribution in [0.2, 0.25) is 0 Å². The Morgan fingerprint density at radius 1 is 1.10 bits per heavy atom. The molecule has 7 heteroatoms. The lowest BCUT2D eigenvalue weighted by atomic mass is 10.1. The molecule has 1 N–H and O–H groups in total. The molecule has 156 valence electrons. The Morgan fingerprint density at radius 2 is 1.97 bits per heavy atom. The first-order valence-corrected chi connectivity index (χ1v) is 10.3. The molecule has 0 radical (unpaired) electrons. The molecular weight excluding hydrogens is 393 g/mol. The fourth-order valence-electron chi connectivity index (χ4n) is 4.20. The number of urea groups is 1. The van der Waals surface area contributed by atoms with E-state index in [9.17, 15) is 9.18 Å². The summed E-state index contributed by atoms with van der Waals surface area (Å²) in [5.74, 6) is -0.280. The molecule has 4 aromatic rings. The Labute approximate surface area is 179 Å². The van der Waals surface area contributed by atoms with Gasteiger partial charge in [-0.25, -0.2) is 13.7 Å². The van der Waals surface area contributed by atoms with E-state index in [1.807, 2.05) is 60.5 Å². The molecule has 1 aliphatic heterocycles. The molecule has 2 amide bonds. The summed E-state index contributed by atoms with van der Waals surface area (Å²) in [6, 6.07) is 17.8. The summed E-state index contributed by atoms with van der Waals surface area (Å²) in [4.78, 5) is 14.8. The van der Waals surface area contributed by atoms with Gasteiger partial charge in [-0.05, 0) is 61.2 Å². The predicted octanol–water partition coefficient (Wildman–Crippen LogP) is 5.21. The van der Waals surface area contributed by atoms with Gasteiger partial charge < -0.3 is 10.2 Å². The molecule has 1 atom stereocenters. The zero-order valence-corrected chi connectivity index (χ0v) is 17.1. The first-order chi connectivity index (χ1) is 15.1. The van der Waals surface area contributed by atoms with Crippen molar-refractivity contribution in [2.45, 2.75) is 25.8 Å². The van der Waals surface area contributed by atoms with E-state index in [1.165, 1.54) is 12.1 Å². The van der Waals surface area contributed by atoms with Gasteiger partial charge in [0.2, 0.25) is 0 Å². The van der Waals surface area contributed by atoms with Crippen LogP contribution < -0.4 is 5.32 Å². The van der Waals surface area contributed by atoms with Gasteiger partial charge in [0.05, 0.1) is 11.6 Å². The van der Waals surface area contributed by atoms with Crippen LogP contribution in [0.4, 0.5) is 14.9 Å². The van der Waals surface area contributed by atoms with Crippen molar-refractivity contribution in [3.05, 3.63) is 83.9 Å². The molecule has 1 fully saturated rings. The molecule has 0 bridgehead atoms. The Bertz CT molecular complexity index is 1270. The lowest BCUT2D eigenvalue weighted by Gasteiger charge is -2.23. The monoisotopic (exact) mass is 415 g/mol. The van der Waals surface area contributed by atoms with E-state index in [1.54, 1.807) is 10.6 Å². The quantitative estimate of drug-likeness (QED) is 0.499. The highest BCUT2D eigenvalue weighted by Crippen LogP contribution is 2.34. The minimum absolute atomic E-state index is 0.134. The van der Waals surface area contributed by atoms with E-state index in [-0.39, 0.29) is 17.9 Å². The van der Waals surface area contributed by atoms with Gasteiger partial charge in [-0.2, -0.15) is 0 Å². The predicted molar refractivity (Wildman–Crippen MR) is 117 cm³/mol. The van der Waals surface area contributed by atoms with E-state index >= 15 is 0 Å². The number of hydrogen-bond donors (Lipinski definition) is 1. The molecule has 1 unspecified atom stereocenters. The van der Waals surface area contributed by atoms with E-state index in [2.05, 4.69) is 15.6 Å². The maximum Gasteiger partial charge on any atom is 0.322 e. The Kier molecular flexibility index (Phi) is 4.86. The van der Waals surface area contributed by atoms with E-state index in [4.69, 9.17) is 0 Å². The SMILES string of the molecule is Cc1cccc(NC(=O)N2CCCC2c2nnn3cc(-c4cccc(F)c4)ccc23)c1. The topological polar surface area (TPSA) is 62.5 Å². The summed E-state index contributed by atoms with van der Waals surface area (Å²) in [5, 5.41) is 11.7. The second-order valence-electron chi connectivity index (χ2n) is 7.88. The third kappa shape index (κ3) is 3.74. The minimum Gasteiger partial charge on any atom is -0.316 e. The molecule has 6 nitrogen and oxygen atoms in total. The van der Waals surface area contributed by atoms with Crippen molar-refractivity contribution >= 4 is 17.2 Å². The van der Waals surface area contributed by atoms with Crippen molar-refractivity contribution < 1.29 is 9.18 Å². The average Bonchev–Trinajstić information content (AvgIpc) is 3.40. The number of pyridine rings is 1. The molecule has 2 aromatic carbocycles. The third-order valence-corrected chi connectivity index (χ3v) is 5.70. The third-order valence-electron chi connectivity index (χ3n) is 5.70. The van der Waals surface area contributed by atoms with E-state index in [0.29, 0.717) is 6.54 Å². The Balaban J connectivity index is 1.42. The van der Waals surface area contributed by atoms with Crippen LogP contribution in [-0.2, 0) is 0 Å². The number of aryl methyl sites for hydroxylation is 1. The highest BCUT2D eigenvalue weighted by Gasteiger charge is 2.33. The molecule has 0 spiro atoms. The normalized spacial score (nSPS) is 16.1. The van der Waals surface area contributed by atoms with Crippen LogP contribution in [0.1, 0.15) is 30.1 Å². The molecule has 1 saturated heterocycles. The number of nitrogens with zero attached hydrogens (tertiary/aromatic N) is 4. The van der Waals surface area contributed by atoms with Gasteiger partial charge in [-0.3, -0.25) is 0 Å². The largest absolute Gasteiger partial charge is 0.322 e. The van der Waals surface area contributed by atoms with Crippen LogP contribution in [0, 0.1) is 12.7 Å². The minimum atomic E-state index is -0.280. The average molecular weight is 415 g/mol. The number of rotatable bonds is 3. The van der Waals surface area contributed by atoms with Crippen LogP contribution in [0.25, 0.3) is 16.6 Å². The van der Waals surface area contributed by atoms with Crippen molar-refractivity contribution in [2.24, 2.45) is 0 Å².